The van der Waals surface area contributed by atoms with Crippen molar-refractivity contribution in [3.05, 3.63) is 35.9 Å². The van der Waals surface area contributed by atoms with E-state index < -0.39 is 5.60 Å². The van der Waals surface area contributed by atoms with Gasteiger partial charge in [-0.25, -0.2) is 4.79 Å². The molecule has 0 aliphatic carbocycles. The predicted octanol–water partition coefficient (Wildman–Crippen LogP) is 2.77. The third-order valence-corrected chi connectivity index (χ3v) is 2.44. The van der Waals surface area contributed by atoms with E-state index in [4.69, 9.17) is 15.2 Å². The third kappa shape index (κ3) is 5.89. The van der Waals surface area contributed by atoms with Gasteiger partial charge in [0.15, 0.2) is 0 Å². The summed E-state index contributed by atoms with van der Waals surface area (Å²) in [4.78, 5) is 11.7. The summed E-state index contributed by atoms with van der Waals surface area (Å²) in [5.41, 5.74) is 6.70. The molecule has 0 saturated heterocycles. The maximum atomic E-state index is 11.7. The summed E-state index contributed by atoms with van der Waals surface area (Å²) in [5.74, 6) is 0.433. The maximum absolute atomic E-state index is 11.7. The number of hydrogen-bond donors (Lipinski definition) is 1. The number of hydrogen-bond acceptors (Lipinski definition) is 4. The number of benzene rings is 1. The van der Waals surface area contributed by atoms with Gasteiger partial charge in [0.2, 0.25) is 0 Å². The highest BCUT2D eigenvalue weighted by molar-refractivity contribution is 5.91. The molecular formula is C16H23NO3. The van der Waals surface area contributed by atoms with E-state index in [2.05, 4.69) is 0 Å². The van der Waals surface area contributed by atoms with Gasteiger partial charge in [0.25, 0.3) is 0 Å². The Hall–Kier alpha value is -1.81. The molecule has 0 fully saturated rings. The lowest BCUT2D eigenvalue weighted by Crippen LogP contribution is -2.22. The van der Waals surface area contributed by atoms with Gasteiger partial charge in [-0.15, -0.1) is 0 Å². The molecule has 0 bridgehead atoms. The monoisotopic (exact) mass is 277 g/mol. The first kappa shape index (κ1) is 16.2. The summed E-state index contributed by atoms with van der Waals surface area (Å²) in [5, 5.41) is 0. The molecular weight excluding hydrogens is 254 g/mol. The van der Waals surface area contributed by atoms with Crippen molar-refractivity contribution in [2.45, 2.75) is 33.3 Å². The van der Waals surface area contributed by atoms with E-state index in [1.165, 1.54) is 6.08 Å². The molecule has 0 aromatic heterocycles. The van der Waals surface area contributed by atoms with Gasteiger partial charge in [-0.3, -0.25) is 0 Å². The van der Waals surface area contributed by atoms with Crippen LogP contribution in [0.15, 0.2) is 30.3 Å². The minimum Gasteiger partial charge on any atom is -0.492 e. The lowest BCUT2D eigenvalue weighted by molar-refractivity contribution is -0.148. The van der Waals surface area contributed by atoms with Gasteiger partial charge >= 0.3 is 5.97 Å². The summed E-state index contributed by atoms with van der Waals surface area (Å²) in [6.07, 6.45) is 1.50. The molecule has 0 spiro atoms. The predicted molar refractivity (Wildman–Crippen MR) is 80.5 cm³/mol. The van der Waals surface area contributed by atoms with Gasteiger partial charge in [-0.1, -0.05) is 12.1 Å². The van der Waals surface area contributed by atoms with Crippen molar-refractivity contribution in [3.63, 3.8) is 0 Å². The van der Waals surface area contributed by atoms with Gasteiger partial charge in [-0.05, 0) is 51.0 Å². The summed E-state index contributed by atoms with van der Waals surface area (Å²) in [6.45, 7) is 8.39. The van der Waals surface area contributed by atoms with Crippen molar-refractivity contribution < 1.29 is 14.3 Å². The maximum Gasteiger partial charge on any atom is 0.331 e. The van der Waals surface area contributed by atoms with Crippen LogP contribution >= 0.6 is 0 Å². The van der Waals surface area contributed by atoms with Crippen LogP contribution in [-0.2, 0) is 9.53 Å². The van der Waals surface area contributed by atoms with Crippen LogP contribution in [0.5, 0.6) is 5.75 Å². The van der Waals surface area contributed by atoms with E-state index >= 15 is 0 Å². The molecule has 1 aromatic carbocycles. The normalized spacial score (nSPS) is 12.2. The highest BCUT2D eigenvalue weighted by Gasteiger charge is 2.14. The SMILES string of the molecule is C/C(=C\C(=O)OC(C)(C)C)c1ccc(OCCN)cc1. The fourth-order valence-corrected chi connectivity index (χ4v) is 1.58. The van der Waals surface area contributed by atoms with Crippen molar-refractivity contribution in [2.75, 3.05) is 13.2 Å². The second-order valence-corrected chi connectivity index (χ2v) is 5.52. The van der Waals surface area contributed by atoms with E-state index in [0.717, 1.165) is 16.9 Å². The lowest BCUT2D eigenvalue weighted by Gasteiger charge is -2.18. The first-order chi connectivity index (χ1) is 9.31. The number of carbonyl (C=O) groups is 1. The third-order valence-electron chi connectivity index (χ3n) is 2.44. The second kappa shape index (κ2) is 7.10. The summed E-state index contributed by atoms with van der Waals surface area (Å²) >= 11 is 0. The summed E-state index contributed by atoms with van der Waals surface area (Å²) < 4.78 is 10.7. The molecule has 2 N–H and O–H groups in total. The van der Waals surface area contributed by atoms with Crippen LogP contribution in [0.25, 0.3) is 5.57 Å². The average molecular weight is 277 g/mol. The number of rotatable bonds is 5. The quantitative estimate of drug-likeness (QED) is 0.664. The van der Waals surface area contributed by atoms with Crippen molar-refractivity contribution in [1.29, 1.82) is 0 Å². The topological polar surface area (TPSA) is 61.5 Å². The Bertz CT molecular complexity index is 469. The number of allylic oxidation sites excluding steroid dienone is 1. The fraction of sp³-hybridized carbons (Fsp3) is 0.438. The fourth-order valence-electron chi connectivity index (χ4n) is 1.58. The number of nitrogens with two attached hydrogens (primary N) is 1. The molecule has 1 rings (SSSR count). The molecule has 0 saturated carbocycles. The number of ether oxygens (including phenoxy) is 2. The number of esters is 1. The molecule has 0 aliphatic rings. The van der Waals surface area contributed by atoms with Crippen LogP contribution in [-0.4, -0.2) is 24.7 Å². The van der Waals surface area contributed by atoms with Crippen LogP contribution < -0.4 is 10.5 Å². The first-order valence-electron chi connectivity index (χ1n) is 6.66. The van der Waals surface area contributed by atoms with E-state index in [0.29, 0.717) is 13.2 Å². The number of carbonyl (C=O) groups excluding carboxylic acids is 1. The van der Waals surface area contributed by atoms with Gasteiger partial charge in [-0.2, -0.15) is 0 Å². The van der Waals surface area contributed by atoms with E-state index in [9.17, 15) is 4.79 Å². The van der Waals surface area contributed by atoms with Crippen LogP contribution in [0.1, 0.15) is 33.3 Å². The molecule has 0 amide bonds. The minimum absolute atomic E-state index is 0.335. The molecule has 4 heteroatoms. The average Bonchev–Trinajstić information content (AvgIpc) is 2.34. The molecule has 1 aromatic rings. The Morgan fingerprint density at radius 3 is 2.35 bits per heavy atom. The van der Waals surface area contributed by atoms with Crippen molar-refractivity contribution in [2.24, 2.45) is 5.73 Å². The zero-order valence-corrected chi connectivity index (χ0v) is 12.6. The van der Waals surface area contributed by atoms with Gasteiger partial charge in [0.05, 0.1) is 0 Å². The van der Waals surface area contributed by atoms with Crippen LogP contribution in [0, 0.1) is 0 Å². The Kier molecular flexibility index (Phi) is 5.77. The van der Waals surface area contributed by atoms with E-state index in [-0.39, 0.29) is 5.97 Å². The molecule has 0 atom stereocenters. The van der Waals surface area contributed by atoms with Crippen molar-refractivity contribution in [1.82, 2.24) is 0 Å². The van der Waals surface area contributed by atoms with Gasteiger partial charge < -0.3 is 15.2 Å². The minimum atomic E-state index is -0.478. The van der Waals surface area contributed by atoms with Crippen LogP contribution in [0.3, 0.4) is 0 Å². The van der Waals surface area contributed by atoms with Gasteiger partial charge in [0.1, 0.15) is 18.0 Å². The van der Waals surface area contributed by atoms with Gasteiger partial charge in [0, 0.05) is 12.6 Å². The highest BCUT2D eigenvalue weighted by Crippen LogP contribution is 2.19. The standard InChI is InChI=1S/C16H23NO3/c1-12(11-15(18)20-16(2,3)4)13-5-7-14(8-6-13)19-10-9-17/h5-8,11H,9-10,17H2,1-4H3/b12-11+. The van der Waals surface area contributed by atoms with E-state index in [1.54, 1.807) is 0 Å². The van der Waals surface area contributed by atoms with Crippen molar-refractivity contribution in [3.8, 4) is 5.75 Å². The Morgan fingerprint density at radius 1 is 1.25 bits per heavy atom. The molecule has 0 unspecified atom stereocenters. The summed E-state index contributed by atoms with van der Waals surface area (Å²) in [6, 6.07) is 7.53. The van der Waals surface area contributed by atoms with E-state index in [1.807, 2.05) is 52.0 Å². The smallest absolute Gasteiger partial charge is 0.331 e. The Morgan fingerprint density at radius 2 is 1.85 bits per heavy atom. The van der Waals surface area contributed by atoms with Crippen LogP contribution in [0.4, 0.5) is 0 Å². The largest absolute Gasteiger partial charge is 0.492 e. The molecule has 20 heavy (non-hydrogen) atoms. The van der Waals surface area contributed by atoms with Crippen molar-refractivity contribution >= 4 is 11.5 Å². The molecule has 0 heterocycles. The Balaban J connectivity index is 2.71. The molecule has 110 valence electrons. The molecule has 0 aliphatic heterocycles. The highest BCUT2D eigenvalue weighted by atomic mass is 16.6. The first-order valence-corrected chi connectivity index (χ1v) is 6.66. The summed E-state index contributed by atoms with van der Waals surface area (Å²) in [7, 11) is 0. The van der Waals surface area contributed by atoms with Crippen LogP contribution in [0.2, 0.25) is 0 Å². The lowest BCUT2D eigenvalue weighted by atomic mass is 10.1. The molecule has 4 nitrogen and oxygen atoms in total. The Labute approximate surface area is 120 Å². The zero-order valence-electron chi connectivity index (χ0n) is 12.6. The molecule has 0 radical (unpaired) electrons. The zero-order chi connectivity index (χ0) is 15.2. The second-order valence-electron chi connectivity index (χ2n) is 5.52.